The summed E-state index contributed by atoms with van der Waals surface area (Å²) in [6.45, 7) is 2.84. The molecule has 1 fully saturated rings. The van der Waals surface area contributed by atoms with Gasteiger partial charge in [-0.25, -0.2) is 13.4 Å². The van der Waals surface area contributed by atoms with Crippen molar-refractivity contribution in [3.63, 3.8) is 0 Å². The maximum atomic E-state index is 13.4. The number of rotatable bonds is 6. The zero-order valence-electron chi connectivity index (χ0n) is 17.1. The Balaban J connectivity index is 1.64. The fraction of sp³-hybridized carbons (Fsp3) is 0.292. The summed E-state index contributed by atoms with van der Waals surface area (Å²) in [6, 6.07) is 20.4. The standard InChI is InChI=1S/C24H26N2O3S/c1-19-12-14-21(15-13-19)30(27,28)26-17-6-5-11-23(26)22-10-7-16-25-24(22)29-18-20-8-3-2-4-9-20/h2-4,7-10,12-16,23H,5-6,11,17-18H2,1H3/t23-/m1/s1. The second kappa shape index (κ2) is 8.98. The van der Waals surface area contributed by atoms with Gasteiger partial charge in [0.05, 0.1) is 10.9 Å². The number of hydrogen-bond acceptors (Lipinski definition) is 4. The average molecular weight is 423 g/mol. The second-order valence-corrected chi connectivity index (χ2v) is 9.50. The summed E-state index contributed by atoms with van der Waals surface area (Å²) in [4.78, 5) is 4.76. The van der Waals surface area contributed by atoms with E-state index in [1.54, 1.807) is 22.6 Å². The lowest BCUT2D eigenvalue weighted by molar-refractivity contribution is 0.236. The van der Waals surface area contributed by atoms with E-state index in [-0.39, 0.29) is 6.04 Å². The number of ether oxygens (including phenoxy) is 1. The molecule has 5 nitrogen and oxygen atoms in total. The molecule has 2 aromatic carbocycles. The van der Waals surface area contributed by atoms with Crippen LogP contribution in [0.3, 0.4) is 0 Å². The lowest BCUT2D eigenvalue weighted by atomic mass is 9.98. The van der Waals surface area contributed by atoms with Crippen LogP contribution in [-0.2, 0) is 16.6 Å². The molecule has 1 aliphatic rings. The Morgan fingerprint density at radius 1 is 1.00 bits per heavy atom. The molecule has 0 N–H and O–H groups in total. The molecule has 0 unspecified atom stereocenters. The SMILES string of the molecule is Cc1ccc(S(=O)(=O)N2CCCC[C@@H]2c2cccnc2OCc2ccccc2)cc1. The van der Waals surface area contributed by atoms with Gasteiger partial charge >= 0.3 is 0 Å². The molecule has 0 bridgehead atoms. The molecule has 0 radical (unpaired) electrons. The molecular weight excluding hydrogens is 396 g/mol. The van der Waals surface area contributed by atoms with Crippen molar-refractivity contribution in [2.24, 2.45) is 0 Å². The van der Waals surface area contributed by atoms with Gasteiger partial charge in [-0.1, -0.05) is 60.5 Å². The third kappa shape index (κ3) is 4.40. The summed E-state index contributed by atoms with van der Waals surface area (Å²) in [6.07, 6.45) is 4.25. The van der Waals surface area contributed by atoms with Gasteiger partial charge in [0.25, 0.3) is 0 Å². The van der Waals surface area contributed by atoms with E-state index in [9.17, 15) is 8.42 Å². The number of sulfonamides is 1. The number of nitrogens with zero attached hydrogens (tertiary/aromatic N) is 2. The first kappa shape index (κ1) is 20.6. The number of pyridine rings is 1. The van der Waals surface area contributed by atoms with Crippen LogP contribution < -0.4 is 4.74 Å². The average Bonchev–Trinajstić information content (AvgIpc) is 2.79. The highest BCUT2D eigenvalue weighted by Gasteiger charge is 2.36. The minimum Gasteiger partial charge on any atom is -0.473 e. The largest absolute Gasteiger partial charge is 0.473 e. The van der Waals surface area contributed by atoms with Gasteiger partial charge in [0.2, 0.25) is 15.9 Å². The van der Waals surface area contributed by atoms with Crippen molar-refractivity contribution in [1.82, 2.24) is 9.29 Å². The first-order chi connectivity index (χ1) is 14.6. The van der Waals surface area contributed by atoms with Gasteiger partial charge in [0.15, 0.2) is 0 Å². The third-order valence-electron chi connectivity index (χ3n) is 5.46. The number of aromatic nitrogens is 1. The van der Waals surface area contributed by atoms with Gasteiger partial charge in [0.1, 0.15) is 6.61 Å². The van der Waals surface area contributed by atoms with E-state index in [4.69, 9.17) is 4.74 Å². The molecule has 1 aromatic heterocycles. The summed E-state index contributed by atoms with van der Waals surface area (Å²) in [5.74, 6) is 0.498. The molecule has 1 atom stereocenters. The predicted octanol–water partition coefficient (Wildman–Crippen LogP) is 4.88. The van der Waals surface area contributed by atoms with Crippen molar-refractivity contribution < 1.29 is 13.2 Å². The van der Waals surface area contributed by atoms with Gasteiger partial charge in [-0.05, 0) is 43.5 Å². The van der Waals surface area contributed by atoms with Crippen LogP contribution in [-0.4, -0.2) is 24.3 Å². The second-order valence-electron chi connectivity index (χ2n) is 7.61. The topological polar surface area (TPSA) is 59.5 Å². The molecule has 3 aromatic rings. The highest BCUT2D eigenvalue weighted by Crippen LogP contribution is 2.38. The Bertz CT molecular complexity index is 1080. The van der Waals surface area contributed by atoms with Crippen LogP contribution in [0.25, 0.3) is 0 Å². The Hall–Kier alpha value is -2.70. The molecule has 0 saturated carbocycles. The number of piperidine rings is 1. The highest BCUT2D eigenvalue weighted by atomic mass is 32.2. The van der Waals surface area contributed by atoms with Crippen molar-refractivity contribution >= 4 is 10.0 Å². The van der Waals surface area contributed by atoms with Gasteiger partial charge in [0, 0.05) is 18.3 Å². The lowest BCUT2D eigenvalue weighted by Gasteiger charge is -2.35. The van der Waals surface area contributed by atoms with Crippen LogP contribution in [0.2, 0.25) is 0 Å². The molecule has 6 heteroatoms. The normalized spacial score (nSPS) is 17.6. The monoisotopic (exact) mass is 422 g/mol. The van der Waals surface area contributed by atoms with Crippen LogP contribution in [0.4, 0.5) is 0 Å². The zero-order valence-corrected chi connectivity index (χ0v) is 17.9. The molecule has 0 aliphatic carbocycles. The molecule has 2 heterocycles. The number of aryl methyl sites for hydroxylation is 1. The van der Waals surface area contributed by atoms with E-state index in [0.29, 0.717) is 23.9 Å². The fourth-order valence-electron chi connectivity index (χ4n) is 3.85. The van der Waals surface area contributed by atoms with Gasteiger partial charge < -0.3 is 4.74 Å². The van der Waals surface area contributed by atoms with Crippen LogP contribution in [0.1, 0.15) is 42.0 Å². The minimum atomic E-state index is -3.61. The molecule has 30 heavy (non-hydrogen) atoms. The zero-order chi connectivity index (χ0) is 21.0. The highest BCUT2D eigenvalue weighted by molar-refractivity contribution is 7.89. The first-order valence-corrected chi connectivity index (χ1v) is 11.7. The summed E-state index contributed by atoms with van der Waals surface area (Å²) in [5.41, 5.74) is 2.90. The molecule has 156 valence electrons. The fourth-order valence-corrected chi connectivity index (χ4v) is 5.53. The van der Waals surface area contributed by atoms with E-state index >= 15 is 0 Å². The molecular formula is C24H26N2O3S. The van der Waals surface area contributed by atoms with E-state index in [1.807, 2.05) is 61.5 Å². The van der Waals surface area contributed by atoms with Crippen molar-refractivity contribution in [2.75, 3.05) is 6.54 Å². The van der Waals surface area contributed by atoms with Crippen molar-refractivity contribution in [2.45, 2.75) is 43.7 Å². The molecule has 1 aliphatic heterocycles. The maximum absolute atomic E-state index is 13.4. The van der Waals surface area contributed by atoms with Gasteiger partial charge in [-0.15, -0.1) is 0 Å². The van der Waals surface area contributed by atoms with E-state index < -0.39 is 10.0 Å². The summed E-state index contributed by atoms with van der Waals surface area (Å²) < 4.78 is 34.5. The number of benzene rings is 2. The summed E-state index contributed by atoms with van der Waals surface area (Å²) in [5, 5.41) is 0. The summed E-state index contributed by atoms with van der Waals surface area (Å²) >= 11 is 0. The Morgan fingerprint density at radius 2 is 1.77 bits per heavy atom. The molecule has 0 amide bonds. The van der Waals surface area contributed by atoms with Crippen molar-refractivity contribution in [1.29, 1.82) is 0 Å². The van der Waals surface area contributed by atoms with Crippen LogP contribution in [0.5, 0.6) is 5.88 Å². The predicted molar refractivity (Wildman–Crippen MR) is 117 cm³/mol. The minimum absolute atomic E-state index is 0.287. The molecule has 1 saturated heterocycles. The van der Waals surface area contributed by atoms with E-state index in [2.05, 4.69) is 4.98 Å². The van der Waals surface area contributed by atoms with Crippen molar-refractivity contribution in [3.8, 4) is 5.88 Å². The molecule has 4 rings (SSSR count). The van der Waals surface area contributed by atoms with Crippen LogP contribution in [0, 0.1) is 6.92 Å². The van der Waals surface area contributed by atoms with E-state index in [1.165, 1.54) is 0 Å². The van der Waals surface area contributed by atoms with Crippen LogP contribution in [0.15, 0.2) is 77.8 Å². The Labute approximate surface area is 178 Å². The van der Waals surface area contributed by atoms with Crippen molar-refractivity contribution in [3.05, 3.63) is 89.6 Å². The smallest absolute Gasteiger partial charge is 0.243 e. The third-order valence-corrected chi connectivity index (χ3v) is 7.38. The first-order valence-electron chi connectivity index (χ1n) is 10.3. The summed E-state index contributed by atoms with van der Waals surface area (Å²) in [7, 11) is -3.61. The number of hydrogen-bond donors (Lipinski definition) is 0. The maximum Gasteiger partial charge on any atom is 0.243 e. The van der Waals surface area contributed by atoms with Gasteiger partial charge in [-0.2, -0.15) is 4.31 Å². The van der Waals surface area contributed by atoms with E-state index in [0.717, 1.165) is 36.0 Å². The lowest BCUT2D eigenvalue weighted by Crippen LogP contribution is -2.38. The Morgan fingerprint density at radius 3 is 2.53 bits per heavy atom. The molecule has 0 spiro atoms. The Kier molecular flexibility index (Phi) is 6.16. The van der Waals surface area contributed by atoms with Crippen LogP contribution >= 0.6 is 0 Å². The van der Waals surface area contributed by atoms with Gasteiger partial charge in [-0.3, -0.25) is 0 Å². The quantitative estimate of drug-likeness (QED) is 0.568.